The van der Waals surface area contributed by atoms with Crippen molar-refractivity contribution in [2.45, 2.75) is 26.4 Å². The van der Waals surface area contributed by atoms with Gasteiger partial charge >= 0.3 is 5.97 Å². The van der Waals surface area contributed by atoms with Crippen LogP contribution < -0.4 is 10.1 Å². The first kappa shape index (κ1) is 18.3. The van der Waals surface area contributed by atoms with Crippen LogP contribution in [0.2, 0.25) is 0 Å². The van der Waals surface area contributed by atoms with Gasteiger partial charge in [-0.15, -0.1) is 0 Å². The van der Waals surface area contributed by atoms with Crippen LogP contribution in [0.1, 0.15) is 29.8 Å². The van der Waals surface area contributed by atoms with E-state index in [1.54, 1.807) is 12.1 Å². The molecule has 0 fully saturated rings. The Balaban J connectivity index is 1.98. The van der Waals surface area contributed by atoms with Crippen LogP contribution in [-0.2, 0) is 16.0 Å². The molecule has 0 saturated carbocycles. The highest BCUT2D eigenvalue weighted by Gasteiger charge is 2.21. The lowest BCUT2D eigenvalue weighted by molar-refractivity contribution is -0.123. The van der Waals surface area contributed by atoms with Gasteiger partial charge in [0.15, 0.2) is 6.10 Å². The van der Waals surface area contributed by atoms with Crippen LogP contribution in [0.15, 0.2) is 42.5 Å². The number of ether oxygens (including phenoxy) is 2. The number of hydrogen-bond acceptors (Lipinski definition) is 5. The van der Waals surface area contributed by atoms with Gasteiger partial charge in [-0.1, -0.05) is 19.1 Å². The predicted molar refractivity (Wildman–Crippen MR) is 94.0 cm³/mol. The van der Waals surface area contributed by atoms with Gasteiger partial charge in [0.25, 0.3) is 5.91 Å². The molecule has 0 heterocycles. The van der Waals surface area contributed by atoms with Gasteiger partial charge in [-0.25, -0.2) is 4.79 Å². The largest absolute Gasteiger partial charge is 0.507 e. The number of phenolic OH excluding ortho intramolecular Hbond substituents is 1. The van der Waals surface area contributed by atoms with Gasteiger partial charge < -0.3 is 19.9 Å². The molecule has 2 aromatic rings. The van der Waals surface area contributed by atoms with E-state index in [0.29, 0.717) is 11.4 Å². The molecule has 0 aromatic heterocycles. The van der Waals surface area contributed by atoms with Crippen LogP contribution in [0, 0.1) is 0 Å². The van der Waals surface area contributed by atoms with Gasteiger partial charge in [0.2, 0.25) is 0 Å². The van der Waals surface area contributed by atoms with Crippen LogP contribution in [0.25, 0.3) is 0 Å². The highest BCUT2D eigenvalue weighted by Crippen LogP contribution is 2.24. The summed E-state index contributed by atoms with van der Waals surface area (Å²) in [7, 11) is 1.45. The first-order valence-electron chi connectivity index (χ1n) is 7.92. The summed E-state index contributed by atoms with van der Waals surface area (Å²) < 4.78 is 10.1. The van der Waals surface area contributed by atoms with Gasteiger partial charge in [-0.05, 0) is 43.2 Å². The molecule has 1 atom stereocenters. The molecule has 2 N–H and O–H groups in total. The second-order valence-electron chi connectivity index (χ2n) is 5.47. The summed E-state index contributed by atoms with van der Waals surface area (Å²) in [5.41, 5.74) is 1.75. The lowest BCUT2D eigenvalue weighted by Gasteiger charge is -2.14. The van der Waals surface area contributed by atoms with E-state index in [1.807, 2.05) is 19.1 Å². The molecule has 0 aliphatic rings. The molecule has 132 valence electrons. The van der Waals surface area contributed by atoms with E-state index in [4.69, 9.17) is 9.47 Å². The topological polar surface area (TPSA) is 84.9 Å². The molecule has 6 nitrogen and oxygen atoms in total. The quantitative estimate of drug-likeness (QED) is 0.787. The minimum atomic E-state index is -1.01. The van der Waals surface area contributed by atoms with E-state index in [0.717, 1.165) is 12.0 Å². The van der Waals surface area contributed by atoms with Crippen molar-refractivity contribution in [2.75, 3.05) is 12.4 Å². The Hall–Kier alpha value is -3.02. The van der Waals surface area contributed by atoms with E-state index < -0.39 is 18.0 Å². The highest BCUT2D eigenvalue weighted by atomic mass is 16.5. The van der Waals surface area contributed by atoms with Crippen molar-refractivity contribution in [1.29, 1.82) is 0 Å². The number of nitrogens with one attached hydrogen (secondary N) is 1. The van der Waals surface area contributed by atoms with Crippen molar-refractivity contribution in [2.24, 2.45) is 0 Å². The number of hydrogen-bond donors (Lipinski definition) is 2. The molecule has 0 saturated heterocycles. The van der Waals surface area contributed by atoms with E-state index in [-0.39, 0.29) is 11.3 Å². The van der Waals surface area contributed by atoms with Crippen LogP contribution in [0.4, 0.5) is 5.69 Å². The maximum absolute atomic E-state index is 12.1. The molecular formula is C19H21NO5. The SMILES string of the molecule is CCc1ccc(NC(=O)[C@H](C)OC(=O)c2ccc(OC)cc2O)cc1. The van der Waals surface area contributed by atoms with Gasteiger partial charge in [-0.2, -0.15) is 0 Å². The third kappa shape index (κ3) is 4.73. The first-order valence-corrected chi connectivity index (χ1v) is 7.92. The maximum atomic E-state index is 12.1. The number of aryl methyl sites for hydroxylation is 1. The number of methoxy groups -OCH3 is 1. The molecule has 0 radical (unpaired) electrons. The van der Waals surface area contributed by atoms with Crippen molar-refractivity contribution >= 4 is 17.6 Å². The summed E-state index contributed by atoms with van der Waals surface area (Å²) in [5, 5.41) is 12.5. The summed E-state index contributed by atoms with van der Waals surface area (Å²) in [6.07, 6.45) is -0.104. The Labute approximate surface area is 146 Å². The second kappa shape index (κ2) is 8.19. The summed E-state index contributed by atoms with van der Waals surface area (Å²) in [6.45, 7) is 3.51. The Kier molecular flexibility index (Phi) is 6.00. The monoisotopic (exact) mass is 343 g/mol. The first-order chi connectivity index (χ1) is 11.9. The maximum Gasteiger partial charge on any atom is 0.342 e. The average molecular weight is 343 g/mol. The van der Waals surface area contributed by atoms with Crippen molar-refractivity contribution in [3.63, 3.8) is 0 Å². The fourth-order valence-electron chi connectivity index (χ4n) is 2.16. The van der Waals surface area contributed by atoms with Crippen LogP contribution in [0.5, 0.6) is 11.5 Å². The van der Waals surface area contributed by atoms with Crippen molar-refractivity contribution in [1.82, 2.24) is 0 Å². The number of anilines is 1. The summed E-state index contributed by atoms with van der Waals surface area (Å²) in [4.78, 5) is 24.3. The van der Waals surface area contributed by atoms with Crippen LogP contribution in [0.3, 0.4) is 0 Å². The zero-order valence-electron chi connectivity index (χ0n) is 14.4. The molecule has 2 rings (SSSR count). The number of carbonyl (C=O) groups is 2. The molecule has 6 heteroatoms. The third-order valence-corrected chi connectivity index (χ3v) is 3.71. The van der Waals surface area contributed by atoms with Gasteiger partial charge in [0.1, 0.15) is 17.1 Å². The molecule has 0 aliphatic heterocycles. The van der Waals surface area contributed by atoms with Crippen molar-refractivity contribution in [3.05, 3.63) is 53.6 Å². The standard InChI is InChI=1S/C19H21NO5/c1-4-13-5-7-14(8-6-13)20-18(22)12(2)25-19(23)16-10-9-15(24-3)11-17(16)21/h5-12,21H,4H2,1-3H3,(H,20,22)/t12-/m0/s1. The lowest BCUT2D eigenvalue weighted by atomic mass is 10.1. The summed E-state index contributed by atoms with van der Waals surface area (Å²) >= 11 is 0. The molecule has 0 unspecified atom stereocenters. The number of amides is 1. The second-order valence-corrected chi connectivity index (χ2v) is 5.47. The molecule has 2 aromatic carbocycles. The van der Waals surface area contributed by atoms with E-state index in [9.17, 15) is 14.7 Å². The van der Waals surface area contributed by atoms with Gasteiger partial charge in [0.05, 0.1) is 7.11 Å². The predicted octanol–water partition coefficient (Wildman–Crippen LogP) is 3.15. The minimum Gasteiger partial charge on any atom is -0.507 e. The van der Waals surface area contributed by atoms with Crippen LogP contribution >= 0.6 is 0 Å². The number of carbonyl (C=O) groups excluding carboxylic acids is 2. The number of phenols is 1. The zero-order chi connectivity index (χ0) is 18.4. The molecular weight excluding hydrogens is 322 g/mol. The lowest BCUT2D eigenvalue weighted by Crippen LogP contribution is -2.30. The number of benzene rings is 2. The molecule has 1 amide bonds. The molecule has 25 heavy (non-hydrogen) atoms. The smallest absolute Gasteiger partial charge is 0.342 e. The third-order valence-electron chi connectivity index (χ3n) is 3.71. The van der Waals surface area contributed by atoms with E-state index in [1.165, 1.54) is 32.2 Å². The highest BCUT2D eigenvalue weighted by molar-refractivity contribution is 5.98. The van der Waals surface area contributed by atoms with Crippen LogP contribution in [-0.4, -0.2) is 30.2 Å². The molecule has 0 bridgehead atoms. The molecule has 0 spiro atoms. The van der Waals surface area contributed by atoms with Gasteiger partial charge in [-0.3, -0.25) is 4.79 Å². The Morgan fingerprint density at radius 1 is 1.16 bits per heavy atom. The van der Waals surface area contributed by atoms with E-state index in [2.05, 4.69) is 5.32 Å². The Bertz CT molecular complexity index is 755. The molecule has 0 aliphatic carbocycles. The minimum absolute atomic E-state index is 0.0345. The van der Waals surface area contributed by atoms with Crippen molar-refractivity contribution < 1.29 is 24.2 Å². The van der Waals surface area contributed by atoms with Crippen molar-refractivity contribution in [3.8, 4) is 11.5 Å². The Morgan fingerprint density at radius 3 is 2.40 bits per heavy atom. The normalized spacial score (nSPS) is 11.5. The summed E-state index contributed by atoms with van der Waals surface area (Å²) in [5.74, 6) is -1.10. The summed E-state index contributed by atoms with van der Waals surface area (Å²) in [6, 6.07) is 11.6. The van der Waals surface area contributed by atoms with Gasteiger partial charge in [0, 0.05) is 11.8 Å². The fourth-order valence-corrected chi connectivity index (χ4v) is 2.16. The number of rotatable bonds is 6. The fraction of sp³-hybridized carbons (Fsp3) is 0.263. The zero-order valence-corrected chi connectivity index (χ0v) is 14.4. The number of esters is 1. The Morgan fingerprint density at radius 2 is 1.84 bits per heavy atom. The van der Waals surface area contributed by atoms with E-state index >= 15 is 0 Å². The average Bonchev–Trinajstić information content (AvgIpc) is 2.61. The number of aromatic hydroxyl groups is 1.